The number of hydrogen-bond donors (Lipinski definition) is 0. The molecule has 0 saturated heterocycles. The summed E-state index contributed by atoms with van der Waals surface area (Å²) in [5.74, 6) is 4.45. The molecular formula is C30H66FI. The Morgan fingerprint density at radius 1 is 0.406 bits per heavy atom. The monoisotopic (exact) mass is 572 g/mol. The lowest BCUT2D eigenvalue weighted by Gasteiger charge is -2.34. The highest BCUT2D eigenvalue weighted by Gasteiger charge is 2.26. The van der Waals surface area contributed by atoms with Crippen LogP contribution in [0.1, 0.15) is 171 Å². The molecule has 3 fully saturated rings. The van der Waals surface area contributed by atoms with Crippen molar-refractivity contribution in [3.05, 3.63) is 0 Å². The SMILES string of the molecule is C.C1CCC(CC2CCC(CC3CCCCC3)CC2)CC1.CCC.CCC.CCC.F.I. The van der Waals surface area contributed by atoms with Gasteiger partial charge in [-0.1, -0.05) is 158 Å². The topological polar surface area (TPSA) is 0 Å². The number of halogens is 2. The van der Waals surface area contributed by atoms with Crippen molar-refractivity contribution in [3.8, 4) is 0 Å². The summed E-state index contributed by atoms with van der Waals surface area (Å²) in [4.78, 5) is 0. The van der Waals surface area contributed by atoms with Gasteiger partial charge in [0.1, 0.15) is 0 Å². The third-order valence-electron chi connectivity index (χ3n) is 6.75. The molecule has 0 atom stereocenters. The van der Waals surface area contributed by atoms with Crippen molar-refractivity contribution in [2.24, 2.45) is 23.7 Å². The molecule has 0 heterocycles. The maximum absolute atomic E-state index is 2.12. The standard InChI is InChI=1S/C20H36.3C3H8.CH4.FH.HI/c1-3-7-17(8-4-1)15-19-11-13-20(14-12-19)16-18-9-5-2-6-10-18;3*1-3-2;;;/h17-20H,1-16H2;3*3H2,1-2H3;1H4;2*1H. The molecule has 3 saturated carbocycles. The molecule has 0 N–H and O–H groups in total. The average molecular weight is 573 g/mol. The predicted molar refractivity (Wildman–Crippen MR) is 160 cm³/mol. The molecule has 0 aromatic rings. The molecule has 0 aliphatic heterocycles. The lowest BCUT2D eigenvalue weighted by Crippen LogP contribution is -2.21. The summed E-state index contributed by atoms with van der Waals surface area (Å²) >= 11 is 0. The van der Waals surface area contributed by atoms with E-state index < -0.39 is 0 Å². The second-order valence-corrected chi connectivity index (χ2v) is 10.5. The van der Waals surface area contributed by atoms with E-state index >= 15 is 0 Å². The smallest absolute Gasteiger partial charge is 0.0411 e. The summed E-state index contributed by atoms with van der Waals surface area (Å²) in [6.07, 6.45) is 28.6. The van der Waals surface area contributed by atoms with E-state index in [1.54, 1.807) is 64.2 Å². The summed E-state index contributed by atoms with van der Waals surface area (Å²) in [6, 6.07) is 0. The highest BCUT2D eigenvalue weighted by Crippen LogP contribution is 2.40. The van der Waals surface area contributed by atoms with Crippen molar-refractivity contribution >= 4 is 24.0 Å². The minimum absolute atomic E-state index is 0. The van der Waals surface area contributed by atoms with Gasteiger partial charge in [-0.3, -0.25) is 4.70 Å². The maximum atomic E-state index is 2.12. The molecule has 2 heteroatoms. The molecule has 0 nitrogen and oxygen atoms in total. The Bertz CT molecular complexity index is 267. The molecule has 0 radical (unpaired) electrons. The van der Waals surface area contributed by atoms with Gasteiger partial charge in [-0.15, -0.1) is 24.0 Å². The molecule has 0 spiro atoms. The number of rotatable bonds is 4. The Labute approximate surface area is 222 Å². The van der Waals surface area contributed by atoms with Gasteiger partial charge in [-0.2, -0.15) is 0 Å². The molecule has 0 aromatic carbocycles. The quantitative estimate of drug-likeness (QED) is 0.294. The third kappa shape index (κ3) is 22.5. The minimum Gasteiger partial charge on any atom is -0.269 e. The van der Waals surface area contributed by atoms with Gasteiger partial charge in [-0.05, 0) is 36.5 Å². The largest absolute Gasteiger partial charge is 0.269 e. The Morgan fingerprint density at radius 2 is 0.594 bits per heavy atom. The highest BCUT2D eigenvalue weighted by molar-refractivity contribution is 14.0. The summed E-state index contributed by atoms with van der Waals surface area (Å²) in [6.45, 7) is 12.8. The normalized spacial score (nSPS) is 23.1. The Balaban J connectivity index is -0.000000286. The first-order chi connectivity index (χ1) is 14.1. The molecule has 0 aromatic heterocycles. The van der Waals surface area contributed by atoms with Crippen LogP contribution in [0.25, 0.3) is 0 Å². The van der Waals surface area contributed by atoms with Crippen LogP contribution in [0.5, 0.6) is 0 Å². The first-order valence-electron chi connectivity index (χ1n) is 14.1. The fourth-order valence-electron chi connectivity index (χ4n) is 5.49. The zero-order valence-electron chi connectivity index (χ0n) is 22.6. The molecule has 3 aliphatic rings. The van der Waals surface area contributed by atoms with Gasteiger partial charge in [-0.25, -0.2) is 0 Å². The molecule has 3 rings (SSSR count). The van der Waals surface area contributed by atoms with E-state index in [2.05, 4.69) is 41.5 Å². The van der Waals surface area contributed by atoms with Gasteiger partial charge in [0.25, 0.3) is 0 Å². The lowest BCUT2D eigenvalue weighted by molar-refractivity contribution is 0.182. The molecule has 32 heavy (non-hydrogen) atoms. The van der Waals surface area contributed by atoms with Crippen molar-refractivity contribution in [2.75, 3.05) is 0 Å². The van der Waals surface area contributed by atoms with Crippen LogP contribution in [-0.4, -0.2) is 0 Å². The van der Waals surface area contributed by atoms with Gasteiger partial charge in [0, 0.05) is 0 Å². The molecule has 0 unspecified atom stereocenters. The van der Waals surface area contributed by atoms with Gasteiger partial charge in [0.05, 0.1) is 0 Å². The Kier molecular flexibility index (Phi) is 37.0. The molecule has 200 valence electrons. The summed E-state index contributed by atoms with van der Waals surface area (Å²) < 4.78 is 0. The van der Waals surface area contributed by atoms with Crippen molar-refractivity contribution in [1.29, 1.82) is 0 Å². The summed E-state index contributed by atoms with van der Waals surface area (Å²) in [5, 5.41) is 0. The van der Waals surface area contributed by atoms with E-state index in [0.29, 0.717) is 0 Å². The maximum Gasteiger partial charge on any atom is -0.0411 e. The Hall–Kier alpha value is 0.660. The molecule has 0 bridgehead atoms. The van der Waals surface area contributed by atoms with Crippen LogP contribution in [0, 0.1) is 23.7 Å². The van der Waals surface area contributed by atoms with Crippen molar-refractivity contribution in [3.63, 3.8) is 0 Å². The average Bonchev–Trinajstić information content (AvgIpc) is 2.73. The van der Waals surface area contributed by atoms with Crippen LogP contribution in [0.15, 0.2) is 0 Å². The molecular weight excluding hydrogens is 506 g/mol. The Morgan fingerprint density at radius 3 is 0.812 bits per heavy atom. The van der Waals surface area contributed by atoms with E-state index in [9.17, 15) is 0 Å². The van der Waals surface area contributed by atoms with Crippen LogP contribution < -0.4 is 0 Å². The summed E-state index contributed by atoms with van der Waals surface area (Å²) in [5.41, 5.74) is 0. The first-order valence-corrected chi connectivity index (χ1v) is 14.1. The van der Waals surface area contributed by atoms with E-state index in [-0.39, 0.29) is 36.1 Å². The van der Waals surface area contributed by atoms with Crippen LogP contribution in [0.2, 0.25) is 0 Å². The minimum atomic E-state index is 0. The summed E-state index contributed by atoms with van der Waals surface area (Å²) in [7, 11) is 0. The van der Waals surface area contributed by atoms with Crippen molar-refractivity contribution in [1.82, 2.24) is 0 Å². The molecule has 0 amide bonds. The van der Waals surface area contributed by atoms with Crippen LogP contribution >= 0.6 is 24.0 Å². The van der Waals surface area contributed by atoms with Crippen LogP contribution in [-0.2, 0) is 0 Å². The van der Waals surface area contributed by atoms with E-state index in [0.717, 1.165) is 23.7 Å². The van der Waals surface area contributed by atoms with Gasteiger partial charge in [0.15, 0.2) is 0 Å². The first kappa shape index (κ1) is 39.9. The van der Waals surface area contributed by atoms with E-state index in [4.69, 9.17) is 0 Å². The number of hydrogen-bond acceptors (Lipinski definition) is 0. The van der Waals surface area contributed by atoms with E-state index in [1.807, 2.05) is 0 Å². The zero-order valence-corrected chi connectivity index (χ0v) is 24.9. The van der Waals surface area contributed by atoms with Gasteiger partial charge < -0.3 is 0 Å². The second-order valence-electron chi connectivity index (χ2n) is 10.5. The zero-order chi connectivity index (χ0) is 21.7. The van der Waals surface area contributed by atoms with E-state index in [1.165, 1.54) is 57.8 Å². The second kappa shape index (κ2) is 29.7. The molecule has 3 aliphatic carbocycles. The fraction of sp³-hybridized carbons (Fsp3) is 1.00. The van der Waals surface area contributed by atoms with Crippen molar-refractivity contribution < 1.29 is 4.70 Å². The van der Waals surface area contributed by atoms with Crippen LogP contribution in [0.3, 0.4) is 0 Å². The van der Waals surface area contributed by atoms with Crippen molar-refractivity contribution in [2.45, 2.75) is 171 Å². The predicted octanol–water partition coefficient (Wildman–Crippen LogP) is 12.4. The third-order valence-corrected chi connectivity index (χ3v) is 6.75. The van der Waals surface area contributed by atoms with Crippen LogP contribution in [0.4, 0.5) is 4.70 Å². The lowest BCUT2D eigenvalue weighted by atomic mass is 9.72. The highest BCUT2D eigenvalue weighted by atomic mass is 127. The van der Waals surface area contributed by atoms with Gasteiger partial charge in [0.2, 0.25) is 0 Å². The van der Waals surface area contributed by atoms with Gasteiger partial charge >= 0.3 is 0 Å². The fourth-order valence-corrected chi connectivity index (χ4v) is 5.49.